The van der Waals surface area contributed by atoms with Crippen LogP contribution < -0.4 is 0 Å². The van der Waals surface area contributed by atoms with E-state index in [0.717, 1.165) is 24.0 Å². The van der Waals surface area contributed by atoms with Crippen molar-refractivity contribution in [1.82, 2.24) is 0 Å². The molecule has 0 spiro atoms. The van der Waals surface area contributed by atoms with Crippen molar-refractivity contribution >= 4 is 28.1 Å². The second-order valence-corrected chi connectivity index (χ2v) is 7.54. The second kappa shape index (κ2) is 10.4. The Bertz CT molecular complexity index is 440. The van der Waals surface area contributed by atoms with Gasteiger partial charge in [-0.3, -0.25) is 7.81 Å². The lowest BCUT2D eigenvalue weighted by molar-refractivity contribution is -0.116. The molecule has 0 rings (SSSR count). The van der Waals surface area contributed by atoms with Crippen molar-refractivity contribution in [3.8, 4) is 0 Å². The highest BCUT2D eigenvalue weighted by molar-refractivity contribution is 8.28. The van der Waals surface area contributed by atoms with E-state index < -0.39 is 22.3 Å². The molecule has 0 saturated carbocycles. The summed E-state index contributed by atoms with van der Waals surface area (Å²) in [6.45, 7) is 4.93. The number of ketones is 1. The van der Waals surface area contributed by atoms with Gasteiger partial charge in [-0.25, -0.2) is 0 Å². The van der Waals surface area contributed by atoms with E-state index in [1.165, 1.54) is 6.08 Å². The minimum absolute atomic E-state index is 0.144. The standard InChI is InChI=1S/C13H26O8S2/c1-11(7-8-13(3)14)5-4-6-12(2)9-10-20-23(18,19)21-22(15,16)17/h5,9,15-19H,4,6-8,10H2,1-3H3/p-3/b11-5+,12-9+. The second-order valence-electron chi connectivity index (χ2n) is 5.05. The van der Waals surface area contributed by atoms with E-state index in [1.54, 1.807) is 13.8 Å². The van der Waals surface area contributed by atoms with Crippen molar-refractivity contribution < 1.29 is 35.4 Å². The smallest absolute Gasteiger partial charge is 0.130 e. The molecule has 0 aromatic rings. The van der Waals surface area contributed by atoms with Crippen LogP contribution in [0.25, 0.3) is 0 Å². The van der Waals surface area contributed by atoms with E-state index in [9.17, 15) is 18.5 Å². The third-order valence-corrected chi connectivity index (χ3v) is 4.53. The quantitative estimate of drug-likeness (QED) is 0.522. The molecule has 0 bridgehead atoms. The van der Waals surface area contributed by atoms with Crippen LogP contribution in [0, 0.1) is 0 Å². The number of allylic oxidation sites excluding steroid dienone is 3. The van der Waals surface area contributed by atoms with Crippen LogP contribution in [0.5, 0.6) is 0 Å². The molecule has 0 aromatic heterocycles. The molecule has 0 amide bonds. The Morgan fingerprint density at radius 1 is 1.00 bits per heavy atom. The zero-order valence-electron chi connectivity index (χ0n) is 13.4. The third kappa shape index (κ3) is 14.9. The molecule has 0 aliphatic heterocycles. The number of carbonyl (C=O) groups excluding carboxylic acids is 1. The topological polar surface area (TPSA) is 145 Å². The maximum atomic E-state index is 11.1. The Morgan fingerprint density at radius 2 is 1.57 bits per heavy atom. The summed E-state index contributed by atoms with van der Waals surface area (Å²) in [5.41, 5.74) is 1.98. The molecule has 8 nitrogen and oxygen atoms in total. The molecule has 0 saturated heterocycles. The lowest BCUT2D eigenvalue weighted by atomic mass is 10.1. The number of carbonyl (C=O) groups is 1. The Balaban J connectivity index is 4.13. The van der Waals surface area contributed by atoms with Crippen LogP contribution in [0.3, 0.4) is 0 Å². The molecule has 0 aliphatic carbocycles. The molecule has 0 radical (unpaired) electrons. The van der Waals surface area contributed by atoms with Crippen LogP contribution in [0.2, 0.25) is 0 Å². The fraction of sp³-hybridized carbons (Fsp3) is 0.615. The molecule has 23 heavy (non-hydrogen) atoms. The van der Waals surface area contributed by atoms with Gasteiger partial charge in [-0.2, -0.15) is 11.2 Å². The molecular formula is C13H23O8S2-3. The van der Waals surface area contributed by atoms with Gasteiger partial charge in [-0.15, -0.1) is 0 Å². The predicted molar refractivity (Wildman–Crippen MR) is 86.5 cm³/mol. The summed E-state index contributed by atoms with van der Waals surface area (Å²) in [6.07, 6.45) is 6.17. The minimum Gasteiger partial charge on any atom is -0.783 e. The van der Waals surface area contributed by atoms with Crippen LogP contribution in [0.4, 0.5) is 0 Å². The van der Waals surface area contributed by atoms with Gasteiger partial charge in [0.15, 0.2) is 0 Å². The van der Waals surface area contributed by atoms with Crippen molar-refractivity contribution in [1.29, 1.82) is 0 Å². The van der Waals surface area contributed by atoms with E-state index >= 15 is 0 Å². The Kier molecular flexibility index (Phi) is 10.2. The first-order valence-corrected chi connectivity index (χ1v) is 9.54. The lowest BCUT2D eigenvalue weighted by Gasteiger charge is -2.54. The summed E-state index contributed by atoms with van der Waals surface area (Å²) in [4.78, 5) is 10.9. The predicted octanol–water partition coefficient (Wildman–Crippen LogP) is 3.75. The summed E-state index contributed by atoms with van der Waals surface area (Å²) in [5.74, 6) is 0.144. The van der Waals surface area contributed by atoms with Gasteiger partial charge >= 0.3 is 0 Å². The van der Waals surface area contributed by atoms with E-state index in [1.807, 2.05) is 13.0 Å². The molecule has 2 N–H and O–H groups in total. The monoisotopic (exact) mass is 371 g/mol. The number of hydrogen-bond donors (Lipinski definition) is 2. The average molecular weight is 371 g/mol. The van der Waals surface area contributed by atoms with Crippen molar-refractivity contribution in [2.24, 2.45) is 0 Å². The third-order valence-electron chi connectivity index (χ3n) is 2.72. The fourth-order valence-electron chi connectivity index (χ4n) is 1.51. The van der Waals surface area contributed by atoms with Gasteiger partial charge < -0.3 is 27.6 Å². The molecule has 10 heteroatoms. The number of Topliss-reactive ketones (excluding diaryl/α,β-unsaturated/α-hetero) is 1. The highest BCUT2D eigenvalue weighted by atomic mass is 32.4. The average Bonchev–Trinajstić information content (AvgIpc) is 2.33. The van der Waals surface area contributed by atoms with Crippen LogP contribution in [-0.2, 0) is 12.6 Å². The van der Waals surface area contributed by atoms with Gasteiger partial charge in [-0.05, 0) is 40.0 Å². The Labute approximate surface area is 140 Å². The summed E-state index contributed by atoms with van der Waals surface area (Å²) in [5, 5.41) is 0. The first-order valence-electron chi connectivity index (χ1n) is 6.81. The van der Waals surface area contributed by atoms with Crippen LogP contribution in [0.15, 0.2) is 23.3 Å². The van der Waals surface area contributed by atoms with Crippen molar-refractivity contribution in [3.05, 3.63) is 23.3 Å². The fourth-order valence-corrected chi connectivity index (χ4v) is 2.78. The Morgan fingerprint density at radius 3 is 2.09 bits per heavy atom. The molecule has 1 atom stereocenters. The Hall–Kier alpha value is -0.430. The van der Waals surface area contributed by atoms with Crippen molar-refractivity contribution in [2.75, 3.05) is 6.61 Å². The first-order chi connectivity index (χ1) is 10.4. The van der Waals surface area contributed by atoms with Gasteiger partial charge in [0.05, 0.1) is 6.61 Å². The molecule has 1 unspecified atom stereocenters. The van der Waals surface area contributed by atoms with Gasteiger partial charge in [0.1, 0.15) is 5.78 Å². The molecule has 138 valence electrons. The van der Waals surface area contributed by atoms with Crippen LogP contribution in [-0.4, -0.2) is 35.2 Å². The van der Waals surface area contributed by atoms with E-state index in [4.69, 9.17) is 9.11 Å². The summed E-state index contributed by atoms with van der Waals surface area (Å²) < 4.78 is 56.9. The zero-order chi connectivity index (χ0) is 18.1. The summed E-state index contributed by atoms with van der Waals surface area (Å²) in [6, 6.07) is 0. The maximum absolute atomic E-state index is 11.1. The highest BCUT2D eigenvalue weighted by Crippen LogP contribution is 2.54. The minimum atomic E-state index is -5.07. The summed E-state index contributed by atoms with van der Waals surface area (Å²) in [7, 11) is 0. The van der Waals surface area contributed by atoms with Crippen LogP contribution >= 0.6 is 22.3 Å². The van der Waals surface area contributed by atoms with E-state index in [2.05, 4.69) is 7.81 Å². The highest BCUT2D eigenvalue weighted by Gasteiger charge is 2.09. The van der Waals surface area contributed by atoms with E-state index in [0.29, 0.717) is 12.8 Å². The van der Waals surface area contributed by atoms with E-state index in [-0.39, 0.29) is 12.4 Å². The van der Waals surface area contributed by atoms with Crippen molar-refractivity contribution in [3.63, 3.8) is 0 Å². The van der Waals surface area contributed by atoms with Crippen molar-refractivity contribution in [2.45, 2.75) is 46.5 Å². The van der Waals surface area contributed by atoms with Crippen LogP contribution in [0.1, 0.15) is 46.5 Å². The summed E-state index contributed by atoms with van der Waals surface area (Å²) >= 11 is -9.63. The largest absolute Gasteiger partial charge is 0.783 e. The first kappa shape index (κ1) is 22.6. The van der Waals surface area contributed by atoms with Gasteiger partial charge in [0.25, 0.3) is 0 Å². The molecule has 0 aromatic carbocycles. The SMILES string of the molecule is CC(=O)CC/C(C)=C/CC/C(C)=C/COS([O-])(O)OS([O-])([O-])O. The lowest BCUT2D eigenvalue weighted by Crippen LogP contribution is -2.11. The number of rotatable bonds is 11. The van der Waals surface area contributed by atoms with Gasteiger partial charge in [0, 0.05) is 17.6 Å². The molecular weight excluding hydrogens is 348 g/mol. The molecule has 0 heterocycles. The molecule has 0 fully saturated rings. The normalized spacial score (nSPS) is 18.4. The maximum Gasteiger partial charge on any atom is 0.130 e. The zero-order valence-corrected chi connectivity index (χ0v) is 15.0. The molecule has 0 aliphatic rings. The van der Waals surface area contributed by atoms with Gasteiger partial charge in [0.2, 0.25) is 0 Å². The number of hydrogen-bond acceptors (Lipinski definition) is 8. The van der Waals surface area contributed by atoms with Gasteiger partial charge in [-0.1, -0.05) is 23.3 Å².